The molecule has 1 aromatic rings. The summed E-state index contributed by atoms with van der Waals surface area (Å²) in [7, 11) is 0. The Kier molecular flexibility index (Phi) is 8.34. The first-order valence-electron chi connectivity index (χ1n) is 8.84. The van der Waals surface area contributed by atoms with Crippen LogP contribution in [-0.4, -0.2) is 57.9 Å². The van der Waals surface area contributed by atoms with E-state index >= 15 is 0 Å². The molecule has 0 saturated carbocycles. The quantitative estimate of drug-likeness (QED) is 0.430. The summed E-state index contributed by atoms with van der Waals surface area (Å²) in [5.41, 5.74) is 0.241. The lowest BCUT2D eigenvalue weighted by atomic mass is 10.2. The molecule has 6 nitrogen and oxygen atoms in total. The highest BCUT2D eigenvalue weighted by atomic mass is 19.1. The minimum atomic E-state index is -0.450. The number of aliphatic imine (C=N–C) groups is 1. The molecule has 138 valence electrons. The lowest BCUT2D eigenvalue weighted by Gasteiger charge is -2.23. The predicted octanol–water partition coefficient (Wildman–Crippen LogP) is 0.643. The molecule has 0 atom stereocenters. The van der Waals surface area contributed by atoms with E-state index in [0.29, 0.717) is 13.2 Å². The monoisotopic (exact) mass is 352 g/mol. The third-order valence-corrected chi connectivity index (χ3v) is 3.89. The van der Waals surface area contributed by atoms with Gasteiger partial charge in [0, 0.05) is 18.5 Å². The normalized spacial score (nSPS) is 15.8. The van der Waals surface area contributed by atoms with Gasteiger partial charge in [0.25, 0.3) is 11.9 Å². The van der Waals surface area contributed by atoms with Crippen molar-refractivity contribution >= 4 is 11.9 Å². The maximum absolute atomic E-state index is 13.2. The number of quaternary nitrogens is 1. The third-order valence-electron chi connectivity index (χ3n) is 3.89. The van der Waals surface area contributed by atoms with E-state index in [-0.39, 0.29) is 11.6 Å². The van der Waals surface area contributed by atoms with Crippen LogP contribution in [0.4, 0.5) is 4.39 Å². The molecule has 1 aliphatic rings. The maximum Gasteiger partial charge on any atom is 0.291 e. The number of rotatable bonds is 7. The van der Waals surface area contributed by atoms with Gasteiger partial charge in [-0.25, -0.2) is 9.38 Å². The molecule has 0 aliphatic carbocycles. The summed E-state index contributed by atoms with van der Waals surface area (Å²) < 4.78 is 24.1. The van der Waals surface area contributed by atoms with Crippen LogP contribution in [0.1, 0.15) is 30.1 Å². The fraction of sp³-hybridized carbons (Fsp3) is 0.556. The second kappa shape index (κ2) is 10.8. The number of halogens is 1. The highest BCUT2D eigenvalue weighted by Crippen LogP contribution is 2.03. The van der Waals surface area contributed by atoms with E-state index in [4.69, 9.17) is 9.47 Å². The van der Waals surface area contributed by atoms with Gasteiger partial charge in [0.2, 0.25) is 0 Å². The second-order valence-electron chi connectivity index (χ2n) is 5.97. The van der Waals surface area contributed by atoms with Gasteiger partial charge in [0.15, 0.2) is 0 Å². The molecule has 2 N–H and O–H groups in total. The maximum atomic E-state index is 13.2. The van der Waals surface area contributed by atoms with E-state index in [9.17, 15) is 9.18 Å². The third kappa shape index (κ3) is 7.19. The van der Waals surface area contributed by atoms with E-state index in [1.165, 1.54) is 23.1 Å². The van der Waals surface area contributed by atoms with E-state index in [0.717, 1.165) is 45.7 Å². The summed E-state index contributed by atoms with van der Waals surface area (Å²) in [6.07, 6.45) is 1.72. The van der Waals surface area contributed by atoms with Crippen molar-refractivity contribution in [2.24, 2.45) is 4.99 Å². The van der Waals surface area contributed by atoms with Crippen molar-refractivity contribution in [3.05, 3.63) is 35.6 Å². The van der Waals surface area contributed by atoms with E-state index < -0.39 is 11.7 Å². The minimum absolute atomic E-state index is 0.202. The zero-order valence-corrected chi connectivity index (χ0v) is 14.7. The number of nitrogens with one attached hydrogen (secondary N) is 2. The average Bonchev–Trinajstić information content (AvgIpc) is 2.63. The molecular formula is C18H27FN3O3+. The molecule has 25 heavy (non-hydrogen) atoms. The van der Waals surface area contributed by atoms with E-state index in [2.05, 4.69) is 10.3 Å². The number of carbonyl (C=O) groups is 1. The number of amidine groups is 1. The molecular weight excluding hydrogens is 325 g/mol. The van der Waals surface area contributed by atoms with Crippen LogP contribution in [0.3, 0.4) is 0 Å². The van der Waals surface area contributed by atoms with Crippen molar-refractivity contribution in [3.63, 3.8) is 0 Å². The molecule has 0 aromatic heterocycles. The van der Waals surface area contributed by atoms with Gasteiger partial charge in [-0.3, -0.25) is 10.1 Å². The van der Waals surface area contributed by atoms with Crippen molar-refractivity contribution < 1.29 is 23.6 Å². The smallest absolute Gasteiger partial charge is 0.291 e. The van der Waals surface area contributed by atoms with E-state index in [1.54, 1.807) is 6.07 Å². The van der Waals surface area contributed by atoms with Crippen LogP contribution in [0.25, 0.3) is 0 Å². The van der Waals surface area contributed by atoms with Gasteiger partial charge >= 0.3 is 0 Å². The number of carbonyl (C=O) groups excluding carboxylic acids is 1. The second-order valence-corrected chi connectivity index (χ2v) is 5.97. The molecule has 1 aliphatic heterocycles. The topological polar surface area (TPSA) is 64.4 Å². The summed E-state index contributed by atoms with van der Waals surface area (Å²) >= 11 is 0. The first-order chi connectivity index (χ1) is 12.2. The first kappa shape index (κ1) is 19.3. The Morgan fingerprint density at radius 2 is 2.20 bits per heavy atom. The zero-order valence-electron chi connectivity index (χ0n) is 14.7. The zero-order chi connectivity index (χ0) is 17.9. The number of morpholine rings is 1. The predicted molar refractivity (Wildman–Crippen MR) is 93.4 cm³/mol. The molecule has 1 aromatic carbocycles. The number of ether oxygens (including phenoxy) is 2. The van der Waals surface area contributed by atoms with Gasteiger partial charge in [0.1, 0.15) is 18.9 Å². The fourth-order valence-electron chi connectivity index (χ4n) is 2.54. The number of amides is 1. The summed E-state index contributed by atoms with van der Waals surface area (Å²) in [5, 5.41) is 2.63. The Morgan fingerprint density at radius 3 is 2.92 bits per heavy atom. The van der Waals surface area contributed by atoms with Crippen LogP contribution in [0.5, 0.6) is 0 Å². The molecule has 1 fully saturated rings. The lowest BCUT2D eigenvalue weighted by molar-refractivity contribution is -0.908. The summed E-state index contributed by atoms with van der Waals surface area (Å²) in [6, 6.07) is 5.74. The number of benzene rings is 1. The van der Waals surface area contributed by atoms with Gasteiger partial charge in [-0.1, -0.05) is 13.0 Å². The highest BCUT2D eigenvalue weighted by molar-refractivity contribution is 6.04. The van der Waals surface area contributed by atoms with Crippen LogP contribution in [0, 0.1) is 5.82 Å². The summed E-state index contributed by atoms with van der Waals surface area (Å²) in [4.78, 5) is 18.1. The Morgan fingerprint density at radius 1 is 1.40 bits per heavy atom. The number of hydrogen-bond acceptors (Lipinski definition) is 4. The summed E-state index contributed by atoms with van der Waals surface area (Å²) in [5.74, 6) is -0.873. The van der Waals surface area contributed by atoms with Gasteiger partial charge in [-0.2, -0.15) is 0 Å². The summed E-state index contributed by atoms with van der Waals surface area (Å²) in [6.45, 7) is 7.72. The van der Waals surface area contributed by atoms with E-state index in [1.807, 2.05) is 6.92 Å². The molecule has 1 amide bonds. The van der Waals surface area contributed by atoms with Crippen molar-refractivity contribution in [3.8, 4) is 0 Å². The van der Waals surface area contributed by atoms with Crippen LogP contribution in [-0.2, 0) is 9.47 Å². The van der Waals surface area contributed by atoms with Gasteiger partial charge in [-0.05, 0) is 24.6 Å². The molecule has 2 rings (SSSR count). The molecule has 0 unspecified atom stereocenters. The minimum Gasteiger partial charge on any atom is -0.465 e. The highest BCUT2D eigenvalue weighted by Gasteiger charge is 2.13. The van der Waals surface area contributed by atoms with Crippen LogP contribution in [0.2, 0.25) is 0 Å². The van der Waals surface area contributed by atoms with Gasteiger partial charge in [0.05, 0.1) is 26.4 Å². The Labute approximate surface area is 148 Å². The molecule has 0 bridgehead atoms. The average molecular weight is 352 g/mol. The molecule has 0 spiro atoms. The van der Waals surface area contributed by atoms with Crippen molar-refractivity contribution in [2.75, 3.05) is 46.0 Å². The Hall–Kier alpha value is -1.99. The van der Waals surface area contributed by atoms with Crippen LogP contribution in [0.15, 0.2) is 29.3 Å². The standard InChI is InChI=1S/C18H26FN3O3/c1-2-11-25-18(20-7-4-8-22-9-12-24-13-10-22)21-17(23)15-5-3-6-16(19)14-15/h3,5-6,14H,2,4,7-13H2,1H3,(H,20,21,23)/p+1. The largest absolute Gasteiger partial charge is 0.465 e. The fourth-order valence-corrected chi connectivity index (χ4v) is 2.54. The number of nitrogens with zero attached hydrogens (tertiary/aromatic N) is 1. The molecule has 1 saturated heterocycles. The molecule has 0 radical (unpaired) electrons. The van der Waals surface area contributed by atoms with Gasteiger partial charge in [-0.15, -0.1) is 0 Å². The van der Waals surface area contributed by atoms with Crippen LogP contribution < -0.4 is 10.2 Å². The van der Waals surface area contributed by atoms with Crippen molar-refractivity contribution in [1.29, 1.82) is 0 Å². The lowest BCUT2D eigenvalue weighted by Crippen LogP contribution is -3.14. The Bertz CT molecular complexity index is 574. The molecule has 1 heterocycles. The SMILES string of the molecule is CCCOC(=NCCC[NH+]1CCOCC1)NC(=O)c1cccc(F)c1. The Balaban J connectivity index is 1.84. The van der Waals surface area contributed by atoms with Crippen molar-refractivity contribution in [2.45, 2.75) is 19.8 Å². The molecule has 7 heteroatoms. The van der Waals surface area contributed by atoms with Crippen LogP contribution >= 0.6 is 0 Å². The number of hydrogen-bond donors (Lipinski definition) is 2. The first-order valence-corrected chi connectivity index (χ1v) is 8.84. The van der Waals surface area contributed by atoms with Gasteiger partial charge < -0.3 is 14.4 Å². The van der Waals surface area contributed by atoms with Crippen molar-refractivity contribution in [1.82, 2.24) is 5.32 Å².